The highest BCUT2D eigenvalue weighted by atomic mass is 79.9. The van der Waals surface area contributed by atoms with E-state index >= 15 is 0 Å². The second-order valence-electron chi connectivity index (χ2n) is 8.54. The van der Waals surface area contributed by atoms with Crippen LogP contribution >= 0.6 is 15.9 Å². The molecule has 3 aromatic carbocycles. The van der Waals surface area contributed by atoms with Crippen molar-refractivity contribution in [2.75, 3.05) is 10.6 Å². The van der Waals surface area contributed by atoms with Gasteiger partial charge in [0, 0.05) is 41.1 Å². The number of carboxylic acid groups (broad SMARTS) is 1. The van der Waals surface area contributed by atoms with Gasteiger partial charge in [-0.3, -0.25) is 9.59 Å². The van der Waals surface area contributed by atoms with Crippen LogP contribution in [0.1, 0.15) is 28.7 Å². The smallest absolute Gasteiger partial charge is 0.303 e. The molecule has 5 rings (SSSR count). The predicted molar refractivity (Wildman–Crippen MR) is 143 cm³/mol. The topological polar surface area (TPSA) is 96.2 Å². The Labute approximate surface area is 216 Å². The van der Waals surface area contributed by atoms with Crippen LogP contribution in [0, 0.1) is 0 Å². The molecule has 180 valence electrons. The Kier molecular flexibility index (Phi) is 6.69. The van der Waals surface area contributed by atoms with E-state index in [-0.39, 0.29) is 12.3 Å². The lowest BCUT2D eigenvalue weighted by atomic mass is 9.98. The first kappa shape index (κ1) is 23.6. The van der Waals surface area contributed by atoms with Crippen molar-refractivity contribution in [1.82, 2.24) is 9.55 Å². The number of halogens is 1. The molecular formula is C28H23BrN4O3. The Balaban J connectivity index is 1.50. The summed E-state index contributed by atoms with van der Waals surface area (Å²) in [5, 5.41) is 15.4. The number of anilines is 2. The second kappa shape index (κ2) is 10.2. The molecule has 4 aromatic rings. The molecule has 7 nitrogen and oxygen atoms in total. The number of hydrogen-bond donors (Lipinski definition) is 3. The molecule has 1 aliphatic rings. The molecule has 1 aliphatic heterocycles. The van der Waals surface area contributed by atoms with Crippen LogP contribution in [0.3, 0.4) is 0 Å². The molecule has 0 fully saturated rings. The first-order chi connectivity index (χ1) is 17.5. The third-order valence-electron chi connectivity index (χ3n) is 5.99. The number of aliphatic carboxylic acids is 1. The van der Waals surface area contributed by atoms with Gasteiger partial charge in [-0.1, -0.05) is 58.4 Å². The minimum atomic E-state index is -0.828. The molecule has 3 N–H and O–H groups in total. The van der Waals surface area contributed by atoms with Crippen LogP contribution in [-0.4, -0.2) is 26.5 Å². The Hall–Kier alpha value is -4.17. The number of rotatable bonds is 8. The summed E-state index contributed by atoms with van der Waals surface area (Å²) < 4.78 is 2.88. The number of imidazole rings is 1. The number of carbonyl (C=O) groups excluding carboxylic acids is 1. The molecule has 1 amide bonds. The number of aryl methyl sites for hydroxylation is 1. The fourth-order valence-electron chi connectivity index (χ4n) is 4.19. The molecule has 8 heteroatoms. The van der Waals surface area contributed by atoms with Crippen molar-refractivity contribution in [2.45, 2.75) is 19.4 Å². The fourth-order valence-corrected chi connectivity index (χ4v) is 4.55. The summed E-state index contributed by atoms with van der Waals surface area (Å²) in [4.78, 5) is 28.2. The van der Waals surface area contributed by atoms with Crippen LogP contribution < -0.4 is 10.6 Å². The SMILES string of the molecule is O=C(O)CCc1ccc(C(Nc2ccc(Cn3ccnc3)cc2)=C2C(=O)Nc3cc(Br)ccc32)cc1. The summed E-state index contributed by atoms with van der Waals surface area (Å²) in [7, 11) is 0. The maximum Gasteiger partial charge on any atom is 0.303 e. The van der Waals surface area contributed by atoms with E-state index in [1.807, 2.05) is 77.5 Å². The van der Waals surface area contributed by atoms with Crippen molar-refractivity contribution in [1.29, 1.82) is 0 Å². The molecule has 36 heavy (non-hydrogen) atoms. The van der Waals surface area contributed by atoms with E-state index in [0.29, 0.717) is 17.7 Å². The van der Waals surface area contributed by atoms with Gasteiger partial charge >= 0.3 is 5.97 Å². The number of nitrogens with zero attached hydrogens (tertiary/aromatic N) is 2. The van der Waals surface area contributed by atoms with Crippen LogP contribution in [0.5, 0.6) is 0 Å². The maximum atomic E-state index is 13.1. The van der Waals surface area contributed by atoms with Gasteiger partial charge in [0.15, 0.2) is 0 Å². The summed E-state index contributed by atoms with van der Waals surface area (Å²) >= 11 is 3.47. The zero-order valence-corrected chi connectivity index (χ0v) is 20.8. The van der Waals surface area contributed by atoms with Crippen molar-refractivity contribution in [3.63, 3.8) is 0 Å². The molecular weight excluding hydrogens is 520 g/mol. The van der Waals surface area contributed by atoms with E-state index in [2.05, 4.69) is 31.5 Å². The highest BCUT2D eigenvalue weighted by Crippen LogP contribution is 2.39. The highest BCUT2D eigenvalue weighted by Gasteiger charge is 2.28. The average molecular weight is 543 g/mol. The van der Waals surface area contributed by atoms with Crippen molar-refractivity contribution in [2.24, 2.45) is 0 Å². The molecule has 0 saturated carbocycles. The molecule has 0 bridgehead atoms. The van der Waals surface area contributed by atoms with Crippen LogP contribution in [-0.2, 0) is 22.6 Å². The molecule has 1 aromatic heterocycles. The summed E-state index contributed by atoms with van der Waals surface area (Å²) in [5.74, 6) is -1.01. The minimum Gasteiger partial charge on any atom is -0.481 e. The number of carbonyl (C=O) groups is 2. The molecule has 0 unspecified atom stereocenters. The molecule has 2 heterocycles. The molecule has 0 saturated heterocycles. The zero-order chi connectivity index (χ0) is 25.1. The van der Waals surface area contributed by atoms with Crippen molar-refractivity contribution in [3.8, 4) is 0 Å². The van der Waals surface area contributed by atoms with Crippen LogP contribution in [0.25, 0.3) is 11.3 Å². The summed E-state index contributed by atoms with van der Waals surface area (Å²) in [6, 6.07) is 21.4. The van der Waals surface area contributed by atoms with Gasteiger partial charge in [-0.15, -0.1) is 0 Å². The number of benzene rings is 3. The van der Waals surface area contributed by atoms with Crippen LogP contribution in [0.15, 0.2) is 89.9 Å². The van der Waals surface area contributed by atoms with Crippen molar-refractivity contribution >= 4 is 50.5 Å². The monoisotopic (exact) mass is 542 g/mol. The van der Waals surface area contributed by atoms with Gasteiger partial charge < -0.3 is 20.3 Å². The van der Waals surface area contributed by atoms with Crippen molar-refractivity contribution in [3.05, 3.63) is 112 Å². The number of fused-ring (bicyclic) bond motifs is 1. The number of nitrogens with one attached hydrogen (secondary N) is 2. The van der Waals surface area contributed by atoms with Gasteiger partial charge in [0.05, 0.1) is 23.3 Å². The lowest BCUT2D eigenvalue weighted by Crippen LogP contribution is -2.10. The summed E-state index contributed by atoms with van der Waals surface area (Å²) in [6.07, 6.45) is 5.98. The molecule has 0 aliphatic carbocycles. The fraction of sp³-hybridized carbons (Fsp3) is 0.107. The second-order valence-corrected chi connectivity index (χ2v) is 9.46. The first-order valence-electron chi connectivity index (χ1n) is 11.4. The number of aromatic nitrogens is 2. The van der Waals surface area contributed by atoms with Gasteiger partial charge in [0.2, 0.25) is 0 Å². The molecule has 0 spiro atoms. The largest absolute Gasteiger partial charge is 0.481 e. The Bertz CT molecular complexity index is 1440. The molecule has 0 radical (unpaired) electrons. The normalized spacial score (nSPS) is 13.8. The quantitative estimate of drug-likeness (QED) is 0.250. The van der Waals surface area contributed by atoms with Crippen LogP contribution in [0.4, 0.5) is 11.4 Å². The van der Waals surface area contributed by atoms with E-state index in [4.69, 9.17) is 5.11 Å². The Morgan fingerprint density at radius 1 is 1.03 bits per heavy atom. The van der Waals surface area contributed by atoms with Crippen molar-refractivity contribution < 1.29 is 14.7 Å². The van der Waals surface area contributed by atoms with Gasteiger partial charge in [-0.2, -0.15) is 0 Å². The first-order valence-corrected chi connectivity index (χ1v) is 12.2. The zero-order valence-electron chi connectivity index (χ0n) is 19.2. The van der Waals surface area contributed by atoms with Gasteiger partial charge in [-0.05, 0) is 47.4 Å². The van der Waals surface area contributed by atoms with Crippen LogP contribution in [0.2, 0.25) is 0 Å². The predicted octanol–water partition coefficient (Wildman–Crippen LogP) is 5.64. The van der Waals surface area contributed by atoms with Gasteiger partial charge in [0.1, 0.15) is 0 Å². The van der Waals surface area contributed by atoms with Gasteiger partial charge in [0.25, 0.3) is 5.91 Å². The number of amides is 1. The third kappa shape index (κ3) is 5.23. The number of carboxylic acids is 1. The molecule has 0 atom stereocenters. The lowest BCUT2D eigenvalue weighted by Gasteiger charge is -2.16. The minimum absolute atomic E-state index is 0.0711. The highest BCUT2D eigenvalue weighted by molar-refractivity contribution is 9.10. The van der Waals surface area contributed by atoms with E-state index in [0.717, 1.165) is 44.6 Å². The maximum absolute atomic E-state index is 13.1. The van der Waals surface area contributed by atoms with Gasteiger partial charge in [-0.25, -0.2) is 4.98 Å². The summed E-state index contributed by atoms with van der Waals surface area (Å²) in [6.45, 7) is 0.719. The lowest BCUT2D eigenvalue weighted by molar-refractivity contribution is -0.137. The average Bonchev–Trinajstić information content (AvgIpc) is 3.49. The summed E-state index contributed by atoms with van der Waals surface area (Å²) in [5.41, 5.74) is 6.53. The standard InChI is InChI=1S/C28H23BrN4O3/c29-21-8-11-23-24(15-21)32-28(36)26(23)27(20-6-1-18(2-7-20)5-12-25(34)35)31-22-9-3-19(4-10-22)16-33-14-13-30-17-33/h1-4,6-11,13-15,17,31H,5,12,16H2,(H,32,36)(H,34,35). The van der Waals surface area contributed by atoms with E-state index in [1.54, 1.807) is 12.5 Å². The van der Waals surface area contributed by atoms with E-state index in [9.17, 15) is 9.59 Å². The van der Waals surface area contributed by atoms with E-state index in [1.165, 1.54) is 0 Å². The third-order valence-corrected chi connectivity index (χ3v) is 6.49. The van der Waals surface area contributed by atoms with E-state index < -0.39 is 5.97 Å². The Morgan fingerprint density at radius 3 is 2.47 bits per heavy atom. The number of hydrogen-bond acceptors (Lipinski definition) is 4. The Morgan fingerprint density at radius 2 is 1.78 bits per heavy atom.